The highest BCUT2D eigenvalue weighted by Crippen LogP contribution is 2.29. The van der Waals surface area contributed by atoms with Crippen LogP contribution in [0.25, 0.3) is 0 Å². The van der Waals surface area contributed by atoms with Crippen molar-refractivity contribution in [2.45, 2.75) is 0 Å². The van der Waals surface area contributed by atoms with Gasteiger partial charge in [0, 0.05) is 18.0 Å². The Kier molecular flexibility index (Phi) is 4.85. The van der Waals surface area contributed by atoms with Crippen molar-refractivity contribution < 1.29 is 19.4 Å². The quantitative estimate of drug-likeness (QED) is 0.659. The van der Waals surface area contributed by atoms with Gasteiger partial charge in [-0.05, 0) is 18.2 Å². The number of aromatic nitrogens is 1. The van der Waals surface area contributed by atoms with Gasteiger partial charge < -0.3 is 15.2 Å². The smallest absolute Gasteiger partial charge is 0.296 e. The molecular formula is C14H10Cl2N2O4. The van der Waals surface area contributed by atoms with E-state index in [9.17, 15) is 14.7 Å². The average molecular weight is 341 g/mol. The lowest BCUT2D eigenvalue weighted by Crippen LogP contribution is -2.23. The molecule has 0 atom stereocenters. The number of hydrogen-bond acceptors (Lipinski definition) is 5. The van der Waals surface area contributed by atoms with Crippen LogP contribution in [0, 0.1) is 0 Å². The molecule has 0 unspecified atom stereocenters. The van der Waals surface area contributed by atoms with Crippen LogP contribution in [-0.4, -0.2) is 28.9 Å². The Balaban J connectivity index is 2.23. The number of methoxy groups -OCH3 is 1. The molecule has 1 aromatic heterocycles. The maximum absolute atomic E-state index is 12.1. The molecule has 8 heteroatoms. The molecule has 0 aliphatic heterocycles. The van der Waals surface area contributed by atoms with Gasteiger partial charge in [-0.2, -0.15) is 0 Å². The van der Waals surface area contributed by atoms with Crippen LogP contribution < -0.4 is 10.1 Å². The molecule has 0 aliphatic carbocycles. The van der Waals surface area contributed by atoms with Crippen molar-refractivity contribution in [1.29, 1.82) is 0 Å². The number of nitrogens with one attached hydrogen (secondary N) is 1. The van der Waals surface area contributed by atoms with Crippen LogP contribution in [0.5, 0.6) is 11.5 Å². The number of amides is 1. The number of phenolic OH excluding ortho intramolecular Hbond substituents is 1. The Morgan fingerprint density at radius 3 is 2.41 bits per heavy atom. The number of nitrogens with zero attached hydrogens (tertiary/aromatic N) is 1. The Labute approximate surface area is 135 Å². The van der Waals surface area contributed by atoms with E-state index in [2.05, 4.69) is 10.3 Å². The number of Topliss-reactive ketones (excluding diaryl/α,β-unsaturated/α-hetero) is 1. The molecule has 6 nitrogen and oxygen atoms in total. The molecule has 1 amide bonds. The molecule has 0 saturated carbocycles. The van der Waals surface area contributed by atoms with Crippen LogP contribution in [-0.2, 0) is 4.79 Å². The maximum Gasteiger partial charge on any atom is 0.296 e. The largest absolute Gasteiger partial charge is 0.504 e. The first kappa shape index (κ1) is 16.1. The Hall–Kier alpha value is -2.31. The number of phenols is 1. The van der Waals surface area contributed by atoms with Crippen molar-refractivity contribution in [3.05, 3.63) is 46.2 Å². The summed E-state index contributed by atoms with van der Waals surface area (Å²) in [7, 11) is 1.37. The molecule has 1 heterocycles. The molecule has 0 radical (unpaired) electrons. The molecular weight excluding hydrogens is 331 g/mol. The van der Waals surface area contributed by atoms with Gasteiger partial charge in [0.15, 0.2) is 11.5 Å². The zero-order valence-corrected chi connectivity index (χ0v) is 12.8. The summed E-state index contributed by atoms with van der Waals surface area (Å²) in [5.41, 5.74) is 0.0894. The normalized spacial score (nSPS) is 10.1. The van der Waals surface area contributed by atoms with E-state index in [1.54, 1.807) is 0 Å². The standard InChI is InChI=1S/C14H10Cl2N2O4/c1-22-11-3-2-7(4-10(11)19)13(20)14(21)18-12-8(15)5-17-6-9(12)16/h2-6,19H,1H3,(H,17,18,21). The number of ether oxygens (including phenoxy) is 1. The summed E-state index contributed by atoms with van der Waals surface area (Å²) < 4.78 is 4.86. The molecule has 0 spiro atoms. The summed E-state index contributed by atoms with van der Waals surface area (Å²) in [5.74, 6) is -1.86. The van der Waals surface area contributed by atoms with Gasteiger partial charge in [0.05, 0.1) is 22.8 Å². The second kappa shape index (κ2) is 6.64. The highest BCUT2D eigenvalue weighted by Gasteiger charge is 2.20. The van der Waals surface area contributed by atoms with Gasteiger partial charge in [-0.3, -0.25) is 14.6 Å². The van der Waals surface area contributed by atoms with Gasteiger partial charge in [-0.15, -0.1) is 0 Å². The number of pyridine rings is 1. The number of rotatable bonds is 4. The predicted molar refractivity (Wildman–Crippen MR) is 81.9 cm³/mol. The van der Waals surface area contributed by atoms with Crippen LogP contribution >= 0.6 is 23.2 Å². The van der Waals surface area contributed by atoms with Gasteiger partial charge >= 0.3 is 0 Å². The molecule has 2 N–H and O–H groups in total. The van der Waals surface area contributed by atoms with Gasteiger partial charge in [0.1, 0.15) is 0 Å². The Morgan fingerprint density at radius 1 is 1.23 bits per heavy atom. The van der Waals surface area contributed by atoms with E-state index in [0.29, 0.717) is 0 Å². The fraction of sp³-hybridized carbons (Fsp3) is 0.0714. The first-order chi connectivity index (χ1) is 10.4. The molecule has 2 aromatic rings. The average Bonchev–Trinajstić information content (AvgIpc) is 2.50. The molecule has 1 aromatic carbocycles. The molecule has 0 bridgehead atoms. The number of carbonyl (C=O) groups excluding carboxylic acids is 2. The van der Waals surface area contributed by atoms with E-state index in [-0.39, 0.29) is 32.8 Å². The number of benzene rings is 1. The lowest BCUT2D eigenvalue weighted by atomic mass is 10.1. The summed E-state index contributed by atoms with van der Waals surface area (Å²) in [5, 5.41) is 12.2. The summed E-state index contributed by atoms with van der Waals surface area (Å²) >= 11 is 11.7. The predicted octanol–water partition coefficient (Wildman–Crippen LogP) is 2.92. The SMILES string of the molecule is COc1ccc(C(=O)C(=O)Nc2c(Cl)cncc2Cl)cc1O. The Morgan fingerprint density at radius 2 is 1.86 bits per heavy atom. The van der Waals surface area contributed by atoms with Gasteiger partial charge in [0.25, 0.3) is 11.7 Å². The van der Waals surface area contributed by atoms with Crippen molar-refractivity contribution in [2.24, 2.45) is 0 Å². The number of ketones is 1. The third kappa shape index (κ3) is 3.29. The zero-order valence-electron chi connectivity index (χ0n) is 11.3. The fourth-order valence-corrected chi connectivity index (χ4v) is 2.12. The summed E-state index contributed by atoms with van der Waals surface area (Å²) in [6.07, 6.45) is 2.57. The number of aromatic hydroxyl groups is 1. The first-order valence-electron chi connectivity index (χ1n) is 5.95. The van der Waals surface area contributed by atoms with E-state index in [0.717, 1.165) is 6.07 Å². The van der Waals surface area contributed by atoms with Crippen LogP contribution in [0.4, 0.5) is 5.69 Å². The highest BCUT2D eigenvalue weighted by atomic mass is 35.5. The van der Waals surface area contributed by atoms with Gasteiger partial charge in [-0.25, -0.2) is 0 Å². The van der Waals surface area contributed by atoms with E-state index < -0.39 is 11.7 Å². The van der Waals surface area contributed by atoms with Crippen LogP contribution in [0.1, 0.15) is 10.4 Å². The second-order valence-electron chi connectivity index (χ2n) is 4.15. The first-order valence-corrected chi connectivity index (χ1v) is 6.71. The number of carbonyl (C=O) groups is 2. The molecule has 2 rings (SSSR count). The van der Waals surface area contributed by atoms with Gasteiger partial charge in [-0.1, -0.05) is 23.2 Å². The third-order valence-electron chi connectivity index (χ3n) is 2.74. The monoisotopic (exact) mass is 340 g/mol. The van der Waals surface area contributed by atoms with Crippen LogP contribution in [0.2, 0.25) is 10.0 Å². The Bertz CT molecular complexity index is 729. The maximum atomic E-state index is 12.1. The molecule has 0 aliphatic rings. The minimum atomic E-state index is -0.945. The van der Waals surface area contributed by atoms with Crippen LogP contribution in [0.3, 0.4) is 0 Å². The van der Waals surface area contributed by atoms with Crippen molar-refractivity contribution in [3.63, 3.8) is 0 Å². The lowest BCUT2D eigenvalue weighted by molar-refractivity contribution is -0.112. The van der Waals surface area contributed by atoms with E-state index in [1.165, 1.54) is 31.6 Å². The fourth-order valence-electron chi connectivity index (χ4n) is 1.66. The second-order valence-corrected chi connectivity index (χ2v) is 4.96. The lowest BCUT2D eigenvalue weighted by Gasteiger charge is -2.09. The van der Waals surface area contributed by atoms with E-state index >= 15 is 0 Å². The van der Waals surface area contributed by atoms with E-state index in [1.807, 2.05) is 0 Å². The molecule has 114 valence electrons. The minimum absolute atomic E-state index is 0.00268. The summed E-state index contributed by atoms with van der Waals surface area (Å²) in [6.45, 7) is 0. The minimum Gasteiger partial charge on any atom is -0.504 e. The zero-order chi connectivity index (χ0) is 16.3. The van der Waals surface area contributed by atoms with Crippen molar-refractivity contribution >= 4 is 40.6 Å². The summed E-state index contributed by atoms with van der Waals surface area (Å²) in [4.78, 5) is 27.8. The summed E-state index contributed by atoms with van der Waals surface area (Å²) in [6, 6.07) is 3.87. The van der Waals surface area contributed by atoms with Crippen molar-refractivity contribution in [3.8, 4) is 11.5 Å². The molecule has 0 fully saturated rings. The number of anilines is 1. The number of hydrogen-bond donors (Lipinski definition) is 2. The third-order valence-corrected chi connectivity index (χ3v) is 3.31. The van der Waals surface area contributed by atoms with Crippen LogP contribution in [0.15, 0.2) is 30.6 Å². The van der Waals surface area contributed by atoms with Crippen molar-refractivity contribution in [1.82, 2.24) is 4.98 Å². The van der Waals surface area contributed by atoms with Crippen molar-refractivity contribution in [2.75, 3.05) is 12.4 Å². The molecule has 0 saturated heterocycles. The molecule has 22 heavy (non-hydrogen) atoms. The van der Waals surface area contributed by atoms with Gasteiger partial charge in [0.2, 0.25) is 0 Å². The van der Waals surface area contributed by atoms with E-state index in [4.69, 9.17) is 27.9 Å². The number of halogens is 2. The highest BCUT2D eigenvalue weighted by molar-refractivity contribution is 6.48. The topological polar surface area (TPSA) is 88.5 Å².